The minimum atomic E-state index is -0.369. The summed E-state index contributed by atoms with van der Waals surface area (Å²) in [7, 11) is 0. The van der Waals surface area contributed by atoms with E-state index in [2.05, 4.69) is 55.2 Å². The number of aromatic nitrogens is 3. The zero-order chi connectivity index (χ0) is 44.8. The van der Waals surface area contributed by atoms with E-state index in [4.69, 9.17) is 29.2 Å². The second kappa shape index (κ2) is 37.8. The van der Waals surface area contributed by atoms with Crippen molar-refractivity contribution in [1.29, 1.82) is 0 Å². The minimum Gasteiger partial charge on any atom is -0.463 e. The standard InChI is InChI=1S/C49H86N6O6/c1-8-13-16-25-34-53(37-28-19-22-31-40-59-44(56)11-4)47-50-48(54(35-26-17-14-9-2)38-29-20-23-32-41-60-45(57)12-5)52-49(51-47)55(36-27-18-15-10-3)39-30-21-24-33-42-61-46(58)43(6)7/h11-12H,4-6,8-10,13-42H2,1-3,7H3. The molecule has 0 fully saturated rings. The lowest BCUT2D eigenvalue weighted by atomic mass is 10.1. The summed E-state index contributed by atoms with van der Waals surface area (Å²) in [6.45, 7) is 25.5. The Morgan fingerprint density at radius 2 is 0.705 bits per heavy atom. The molecule has 0 aromatic carbocycles. The molecule has 348 valence electrons. The third-order valence-electron chi connectivity index (χ3n) is 10.7. The molecule has 0 saturated carbocycles. The van der Waals surface area contributed by atoms with E-state index in [1.807, 2.05) is 0 Å². The number of hydrogen-bond donors (Lipinski definition) is 0. The molecule has 0 unspecified atom stereocenters. The van der Waals surface area contributed by atoms with Crippen molar-refractivity contribution in [3.05, 3.63) is 37.5 Å². The summed E-state index contributed by atoms with van der Waals surface area (Å²) in [6, 6.07) is 0. The summed E-state index contributed by atoms with van der Waals surface area (Å²) in [6.07, 6.45) is 27.8. The summed E-state index contributed by atoms with van der Waals surface area (Å²) in [5.74, 6) is 1.22. The first kappa shape index (κ1) is 55.1. The first-order valence-electron chi connectivity index (χ1n) is 24.1. The fraction of sp³-hybridized carbons (Fsp3) is 0.755. The highest BCUT2D eigenvalue weighted by atomic mass is 16.5. The minimum absolute atomic E-state index is 0.323. The van der Waals surface area contributed by atoms with Crippen molar-refractivity contribution in [3.63, 3.8) is 0 Å². The van der Waals surface area contributed by atoms with E-state index in [-0.39, 0.29) is 17.9 Å². The first-order valence-corrected chi connectivity index (χ1v) is 24.1. The molecule has 1 rings (SSSR count). The third kappa shape index (κ3) is 28.3. The number of carbonyl (C=O) groups is 3. The van der Waals surface area contributed by atoms with Crippen molar-refractivity contribution in [2.75, 3.05) is 73.8 Å². The van der Waals surface area contributed by atoms with Crippen LogP contribution in [0.25, 0.3) is 0 Å². The third-order valence-corrected chi connectivity index (χ3v) is 10.7. The highest BCUT2D eigenvalue weighted by molar-refractivity contribution is 5.86. The smallest absolute Gasteiger partial charge is 0.333 e. The normalized spacial score (nSPS) is 10.9. The van der Waals surface area contributed by atoms with Gasteiger partial charge in [-0.25, -0.2) is 14.4 Å². The number of anilines is 3. The van der Waals surface area contributed by atoms with E-state index in [9.17, 15) is 14.4 Å². The van der Waals surface area contributed by atoms with E-state index < -0.39 is 0 Å². The molecule has 0 aliphatic carbocycles. The topological polar surface area (TPSA) is 127 Å². The van der Waals surface area contributed by atoms with Gasteiger partial charge in [0.15, 0.2) is 0 Å². The van der Waals surface area contributed by atoms with Crippen LogP contribution in [0.2, 0.25) is 0 Å². The van der Waals surface area contributed by atoms with Gasteiger partial charge in [0, 0.05) is 57.0 Å². The van der Waals surface area contributed by atoms with Crippen molar-refractivity contribution < 1.29 is 28.6 Å². The average molecular weight is 855 g/mol. The van der Waals surface area contributed by atoms with Gasteiger partial charge < -0.3 is 28.9 Å². The summed E-state index contributed by atoms with van der Waals surface area (Å²) in [4.78, 5) is 58.0. The van der Waals surface area contributed by atoms with Gasteiger partial charge in [-0.2, -0.15) is 15.0 Å². The fourth-order valence-corrected chi connectivity index (χ4v) is 6.92. The summed E-state index contributed by atoms with van der Waals surface area (Å²) >= 11 is 0. The number of ether oxygens (including phenoxy) is 3. The van der Waals surface area contributed by atoms with E-state index in [1.54, 1.807) is 6.92 Å². The monoisotopic (exact) mass is 855 g/mol. The Morgan fingerprint density at radius 1 is 0.443 bits per heavy atom. The maximum atomic E-state index is 11.8. The van der Waals surface area contributed by atoms with Crippen LogP contribution in [0.1, 0.15) is 182 Å². The Labute approximate surface area is 371 Å². The molecule has 0 aliphatic rings. The fourth-order valence-electron chi connectivity index (χ4n) is 6.92. The molecule has 1 aromatic rings. The van der Waals surface area contributed by atoms with Gasteiger partial charge in [0.2, 0.25) is 17.8 Å². The predicted octanol–water partition coefficient (Wildman–Crippen LogP) is 11.3. The average Bonchev–Trinajstić information content (AvgIpc) is 3.26. The van der Waals surface area contributed by atoms with Gasteiger partial charge in [-0.1, -0.05) is 118 Å². The van der Waals surface area contributed by atoms with Crippen molar-refractivity contribution in [2.45, 2.75) is 182 Å². The number of carbonyl (C=O) groups excluding carboxylic acids is 3. The Morgan fingerprint density at radius 3 is 0.967 bits per heavy atom. The van der Waals surface area contributed by atoms with Crippen LogP contribution in [0.4, 0.5) is 17.8 Å². The molecule has 0 amide bonds. The molecule has 0 atom stereocenters. The molecule has 0 aliphatic heterocycles. The molecule has 61 heavy (non-hydrogen) atoms. The van der Waals surface area contributed by atoms with Gasteiger partial charge in [-0.3, -0.25) is 0 Å². The van der Waals surface area contributed by atoms with Crippen molar-refractivity contribution in [3.8, 4) is 0 Å². The second-order valence-electron chi connectivity index (χ2n) is 16.3. The lowest BCUT2D eigenvalue weighted by Gasteiger charge is -2.30. The van der Waals surface area contributed by atoms with E-state index in [1.165, 1.54) is 69.9 Å². The summed E-state index contributed by atoms with van der Waals surface area (Å²) in [5, 5.41) is 0. The van der Waals surface area contributed by atoms with Gasteiger partial charge in [0.25, 0.3) is 0 Å². The molecule has 1 aromatic heterocycles. The highest BCUT2D eigenvalue weighted by Crippen LogP contribution is 2.24. The van der Waals surface area contributed by atoms with Gasteiger partial charge in [-0.15, -0.1) is 0 Å². The molecule has 0 N–H and O–H groups in total. The van der Waals surface area contributed by atoms with Gasteiger partial charge in [0.05, 0.1) is 19.8 Å². The SMILES string of the molecule is C=CC(=O)OCCCCCCN(CCCCCC)c1nc(N(CCCCCC)CCCCCCOC(=O)C=C)nc(N(CCCCCC)CCCCCCOC(=O)C(=C)C)n1. The molecular formula is C49H86N6O6. The maximum absolute atomic E-state index is 11.8. The van der Waals surface area contributed by atoms with Crippen LogP contribution in [0, 0.1) is 0 Å². The quantitative estimate of drug-likeness (QED) is 0.0269. The van der Waals surface area contributed by atoms with Crippen LogP contribution in [-0.2, 0) is 28.6 Å². The Bertz CT molecular complexity index is 1270. The zero-order valence-electron chi connectivity index (χ0n) is 39.2. The first-order chi connectivity index (χ1) is 29.7. The maximum Gasteiger partial charge on any atom is 0.333 e. The van der Waals surface area contributed by atoms with Crippen LogP contribution in [-0.4, -0.2) is 91.9 Å². The predicted molar refractivity (Wildman–Crippen MR) is 252 cm³/mol. The molecule has 0 bridgehead atoms. The Kier molecular flexibility index (Phi) is 34.1. The molecular weight excluding hydrogens is 769 g/mol. The lowest BCUT2D eigenvalue weighted by Crippen LogP contribution is -2.34. The summed E-state index contributed by atoms with van der Waals surface area (Å²) < 4.78 is 15.7. The van der Waals surface area contributed by atoms with Gasteiger partial charge in [-0.05, 0) is 84.0 Å². The van der Waals surface area contributed by atoms with E-state index in [0.29, 0.717) is 25.4 Å². The van der Waals surface area contributed by atoms with Crippen molar-refractivity contribution in [2.24, 2.45) is 0 Å². The molecule has 12 heteroatoms. The summed E-state index contributed by atoms with van der Waals surface area (Å²) in [5.41, 5.74) is 0.432. The van der Waals surface area contributed by atoms with Crippen molar-refractivity contribution >= 4 is 35.8 Å². The van der Waals surface area contributed by atoms with Crippen molar-refractivity contribution in [1.82, 2.24) is 15.0 Å². The molecule has 0 spiro atoms. The van der Waals surface area contributed by atoms with Crippen LogP contribution in [0.3, 0.4) is 0 Å². The van der Waals surface area contributed by atoms with E-state index >= 15 is 0 Å². The number of esters is 3. The van der Waals surface area contributed by atoms with Crippen LogP contribution in [0.15, 0.2) is 37.5 Å². The van der Waals surface area contributed by atoms with E-state index in [0.717, 1.165) is 153 Å². The van der Waals surface area contributed by atoms with Crippen LogP contribution < -0.4 is 14.7 Å². The number of unbranched alkanes of at least 4 members (excludes halogenated alkanes) is 18. The van der Waals surface area contributed by atoms with Crippen LogP contribution in [0.5, 0.6) is 0 Å². The Balaban J connectivity index is 3.47. The Hall–Kier alpha value is -3.96. The lowest BCUT2D eigenvalue weighted by molar-refractivity contribution is -0.139. The number of nitrogens with zero attached hydrogens (tertiary/aromatic N) is 6. The van der Waals surface area contributed by atoms with Crippen LogP contribution >= 0.6 is 0 Å². The van der Waals surface area contributed by atoms with Gasteiger partial charge in [0.1, 0.15) is 0 Å². The molecule has 0 radical (unpaired) electrons. The molecule has 1 heterocycles. The van der Waals surface area contributed by atoms with Gasteiger partial charge >= 0.3 is 17.9 Å². The molecule has 0 saturated heterocycles. The molecule has 12 nitrogen and oxygen atoms in total. The highest BCUT2D eigenvalue weighted by Gasteiger charge is 2.21. The largest absolute Gasteiger partial charge is 0.463 e. The number of rotatable bonds is 42. The number of hydrogen-bond acceptors (Lipinski definition) is 12. The second-order valence-corrected chi connectivity index (χ2v) is 16.3. The zero-order valence-corrected chi connectivity index (χ0v) is 39.2.